The van der Waals surface area contributed by atoms with E-state index in [-0.39, 0.29) is 56.0 Å². The van der Waals surface area contributed by atoms with Gasteiger partial charge in [0.15, 0.2) is 8.32 Å². The standard InChI is InChI=1S/C22H37F3N2O2Si.2H2S/c1-16(2)26-20(17-9-8-10-18(13-17)28-22(23,24)25)15-27-12-11-19(14-27)29-30(6,7)21(3,4)5;;/h8-10,13,16,19-20,26H,11-12,14-15H2,1-7H3;2*1H2/t19-,20-;;/m1../s1. The second-order valence-corrected chi connectivity index (χ2v) is 14.8. The number of nitrogens with one attached hydrogen (secondary N) is 1. The van der Waals surface area contributed by atoms with Crippen molar-refractivity contribution in [2.75, 3.05) is 19.6 Å². The van der Waals surface area contributed by atoms with E-state index >= 15 is 0 Å². The summed E-state index contributed by atoms with van der Waals surface area (Å²) in [5, 5.41) is 3.66. The maximum atomic E-state index is 12.6. The van der Waals surface area contributed by atoms with E-state index in [0.29, 0.717) is 6.54 Å². The van der Waals surface area contributed by atoms with Crippen molar-refractivity contribution in [1.82, 2.24) is 10.2 Å². The number of benzene rings is 1. The summed E-state index contributed by atoms with van der Waals surface area (Å²) in [5.74, 6) is -0.184. The van der Waals surface area contributed by atoms with Crippen molar-refractivity contribution >= 4 is 35.3 Å². The minimum atomic E-state index is -4.69. The van der Waals surface area contributed by atoms with Crippen molar-refractivity contribution in [3.63, 3.8) is 0 Å². The molecule has 2 atom stereocenters. The van der Waals surface area contributed by atoms with Crippen LogP contribution in [0, 0.1) is 0 Å². The molecule has 2 rings (SSSR count). The van der Waals surface area contributed by atoms with Crippen LogP contribution in [0.1, 0.15) is 52.6 Å². The van der Waals surface area contributed by atoms with Crippen LogP contribution in [0.15, 0.2) is 24.3 Å². The molecule has 1 aliphatic heterocycles. The highest BCUT2D eigenvalue weighted by Crippen LogP contribution is 2.38. The van der Waals surface area contributed by atoms with Gasteiger partial charge in [0.25, 0.3) is 0 Å². The number of halogens is 3. The highest BCUT2D eigenvalue weighted by Gasteiger charge is 2.40. The summed E-state index contributed by atoms with van der Waals surface area (Å²) in [7, 11) is -1.83. The maximum Gasteiger partial charge on any atom is 0.573 e. The van der Waals surface area contributed by atoms with E-state index in [2.05, 4.69) is 48.8 Å². The van der Waals surface area contributed by atoms with Crippen LogP contribution in [0.4, 0.5) is 13.2 Å². The van der Waals surface area contributed by atoms with Crippen molar-refractivity contribution in [3.05, 3.63) is 29.8 Å². The van der Waals surface area contributed by atoms with Gasteiger partial charge in [0.2, 0.25) is 0 Å². The number of likely N-dealkylation sites (tertiary alicyclic amines) is 1. The molecule has 1 N–H and O–H groups in total. The van der Waals surface area contributed by atoms with E-state index in [0.717, 1.165) is 25.1 Å². The highest BCUT2D eigenvalue weighted by atomic mass is 32.1. The molecule has 1 saturated heterocycles. The van der Waals surface area contributed by atoms with Gasteiger partial charge in [0.1, 0.15) is 5.75 Å². The Morgan fingerprint density at radius 1 is 1.16 bits per heavy atom. The molecule has 0 radical (unpaired) electrons. The topological polar surface area (TPSA) is 33.7 Å². The first-order chi connectivity index (χ1) is 13.7. The molecule has 4 nitrogen and oxygen atoms in total. The van der Waals surface area contributed by atoms with Gasteiger partial charge in [-0.15, -0.1) is 13.2 Å². The molecule has 0 saturated carbocycles. The Labute approximate surface area is 206 Å². The molecule has 0 aromatic heterocycles. The zero-order chi connectivity index (χ0) is 22.7. The van der Waals surface area contributed by atoms with Crippen LogP contribution in [0.3, 0.4) is 0 Å². The zero-order valence-corrected chi connectivity index (χ0v) is 23.3. The quantitative estimate of drug-likeness (QED) is 0.435. The molecular formula is C22H41F3N2O2S2Si. The number of ether oxygens (including phenoxy) is 1. The van der Waals surface area contributed by atoms with Crippen molar-refractivity contribution in [3.8, 4) is 5.75 Å². The Bertz CT molecular complexity index is 700. The summed E-state index contributed by atoms with van der Waals surface area (Å²) in [5.41, 5.74) is 0.791. The smallest absolute Gasteiger partial charge is 0.413 e. The molecule has 0 amide bonds. The van der Waals surface area contributed by atoms with Gasteiger partial charge < -0.3 is 14.5 Å². The summed E-state index contributed by atoms with van der Waals surface area (Å²) in [6, 6.07) is 6.38. The molecular weight excluding hydrogens is 473 g/mol. The minimum Gasteiger partial charge on any atom is -0.413 e. The zero-order valence-electron chi connectivity index (χ0n) is 20.3. The van der Waals surface area contributed by atoms with Gasteiger partial charge in [-0.3, -0.25) is 4.90 Å². The Balaban J connectivity index is 0.00000480. The monoisotopic (exact) mass is 514 g/mol. The van der Waals surface area contributed by atoms with Crippen LogP contribution in [-0.2, 0) is 4.43 Å². The lowest BCUT2D eigenvalue weighted by atomic mass is 10.0. The fourth-order valence-corrected chi connectivity index (χ4v) is 4.88. The predicted octanol–water partition coefficient (Wildman–Crippen LogP) is 5.95. The largest absolute Gasteiger partial charge is 0.573 e. The van der Waals surface area contributed by atoms with Crippen LogP contribution in [0.25, 0.3) is 0 Å². The molecule has 1 heterocycles. The maximum absolute atomic E-state index is 12.6. The molecule has 0 aliphatic carbocycles. The number of rotatable bonds is 8. The summed E-state index contributed by atoms with van der Waals surface area (Å²) in [4.78, 5) is 2.34. The molecule has 1 aromatic carbocycles. The first kappa shape index (κ1) is 31.6. The molecule has 1 aromatic rings. The third kappa shape index (κ3) is 9.85. The van der Waals surface area contributed by atoms with Crippen LogP contribution >= 0.6 is 27.0 Å². The molecule has 32 heavy (non-hydrogen) atoms. The van der Waals surface area contributed by atoms with E-state index < -0.39 is 14.7 Å². The van der Waals surface area contributed by atoms with Gasteiger partial charge in [0, 0.05) is 31.7 Å². The lowest BCUT2D eigenvalue weighted by Crippen LogP contribution is -2.45. The van der Waals surface area contributed by atoms with Gasteiger partial charge in [-0.1, -0.05) is 46.8 Å². The number of hydrogen-bond donors (Lipinski definition) is 1. The van der Waals surface area contributed by atoms with Crippen LogP contribution in [0.5, 0.6) is 5.75 Å². The first-order valence-corrected chi connectivity index (χ1v) is 13.6. The predicted molar refractivity (Wildman–Crippen MR) is 138 cm³/mol. The third-order valence-electron chi connectivity index (χ3n) is 5.97. The van der Waals surface area contributed by atoms with Crippen LogP contribution < -0.4 is 10.1 Å². The lowest BCUT2D eigenvalue weighted by molar-refractivity contribution is -0.274. The van der Waals surface area contributed by atoms with E-state index in [1.54, 1.807) is 6.07 Å². The average molecular weight is 515 g/mol. The van der Waals surface area contributed by atoms with E-state index in [4.69, 9.17) is 4.43 Å². The second-order valence-electron chi connectivity index (χ2n) is 10.0. The summed E-state index contributed by atoms with van der Waals surface area (Å²) in [6.45, 7) is 17.8. The lowest BCUT2D eigenvalue weighted by Gasteiger charge is -2.38. The fourth-order valence-electron chi connectivity index (χ4n) is 3.50. The molecule has 0 unspecified atom stereocenters. The Kier molecular flexibility index (Phi) is 12.2. The second kappa shape index (κ2) is 12.4. The van der Waals surface area contributed by atoms with Crippen LogP contribution in [0.2, 0.25) is 18.1 Å². The molecule has 0 spiro atoms. The SMILES string of the molecule is CC(C)N[C@H](CN1CC[C@@H](O[Si](C)(C)C(C)(C)C)C1)c1cccc(OC(F)(F)F)c1.S.S. The van der Waals surface area contributed by atoms with E-state index in [9.17, 15) is 13.2 Å². The molecule has 0 bridgehead atoms. The van der Waals surface area contributed by atoms with E-state index in [1.807, 2.05) is 19.9 Å². The third-order valence-corrected chi connectivity index (χ3v) is 10.5. The normalized spacial score (nSPS) is 18.8. The number of hydrogen-bond acceptors (Lipinski definition) is 4. The van der Waals surface area contributed by atoms with Gasteiger partial charge in [-0.25, -0.2) is 0 Å². The minimum absolute atomic E-state index is 0. The Morgan fingerprint density at radius 2 is 1.78 bits per heavy atom. The number of nitrogens with zero attached hydrogens (tertiary/aromatic N) is 1. The van der Waals surface area contributed by atoms with Crippen molar-refractivity contribution < 1.29 is 22.3 Å². The van der Waals surface area contributed by atoms with Gasteiger partial charge in [-0.05, 0) is 42.2 Å². The molecule has 10 heteroatoms. The molecule has 1 fully saturated rings. The Hall–Kier alpha value is -0.393. The average Bonchev–Trinajstić information content (AvgIpc) is 2.97. The van der Waals surface area contributed by atoms with Crippen molar-refractivity contribution in [2.24, 2.45) is 0 Å². The van der Waals surface area contributed by atoms with Crippen molar-refractivity contribution in [1.29, 1.82) is 0 Å². The first-order valence-electron chi connectivity index (χ1n) is 10.7. The van der Waals surface area contributed by atoms with Crippen LogP contribution in [-0.4, -0.2) is 51.4 Å². The molecule has 1 aliphatic rings. The van der Waals surface area contributed by atoms with Crippen molar-refractivity contribution in [2.45, 2.75) is 83.7 Å². The fraction of sp³-hybridized carbons (Fsp3) is 0.727. The molecule has 188 valence electrons. The van der Waals surface area contributed by atoms with Gasteiger partial charge >= 0.3 is 6.36 Å². The van der Waals surface area contributed by atoms with Gasteiger partial charge in [0.05, 0.1) is 6.10 Å². The summed E-state index contributed by atoms with van der Waals surface area (Å²) >= 11 is 0. The van der Waals surface area contributed by atoms with E-state index in [1.165, 1.54) is 12.1 Å². The Morgan fingerprint density at radius 3 is 2.31 bits per heavy atom. The summed E-state index contributed by atoms with van der Waals surface area (Å²) < 4.78 is 48.5. The number of alkyl halides is 3. The summed E-state index contributed by atoms with van der Waals surface area (Å²) in [6.07, 6.45) is -3.49. The van der Waals surface area contributed by atoms with Gasteiger partial charge in [-0.2, -0.15) is 27.0 Å². The highest BCUT2D eigenvalue weighted by molar-refractivity contribution is 7.59.